The Labute approximate surface area is 150 Å². The van der Waals surface area contributed by atoms with Gasteiger partial charge in [0.05, 0.1) is 11.3 Å². The van der Waals surface area contributed by atoms with Crippen LogP contribution in [0.4, 0.5) is 10.1 Å². The Morgan fingerprint density at radius 1 is 1.12 bits per heavy atom. The van der Waals surface area contributed by atoms with Crippen LogP contribution in [0.3, 0.4) is 0 Å². The van der Waals surface area contributed by atoms with E-state index in [0.29, 0.717) is 28.4 Å². The van der Waals surface area contributed by atoms with Crippen LogP contribution >= 0.6 is 0 Å². The van der Waals surface area contributed by atoms with E-state index in [-0.39, 0.29) is 16.5 Å². The van der Waals surface area contributed by atoms with Crippen LogP contribution in [0.15, 0.2) is 27.5 Å². The third kappa shape index (κ3) is 2.98. The number of aryl methyl sites for hydroxylation is 2. The zero-order valence-corrected chi connectivity index (χ0v) is 15.9. The summed E-state index contributed by atoms with van der Waals surface area (Å²) in [4.78, 5) is -0.0128. The second-order valence-electron chi connectivity index (χ2n) is 6.15. The second kappa shape index (κ2) is 6.24. The van der Waals surface area contributed by atoms with Gasteiger partial charge in [0.15, 0.2) is 0 Å². The first-order chi connectivity index (χ1) is 12.1. The lowest BCUT2D eigenvalue weighted by Crippen LogP contribution is -2.16. The predicted octanol–water partition coefficient (Wildman–Crippen LogP) is 3.25. The fraction of sp³-hybridized carbons (Fsp3) is 0.294. The molecule has 0 bridgehead atoms. The summed E-state index contributed by atoms with van der Waals surface area (Å²) < 4.78 is 49.7. The van der Waals surface area contributed by atoms with Gasteiger partial charge in [-0.3, -0.25) is 4.72 Å². The summed E-state index contributed by atoms with van der Waals surface area (Å²) in [5, 5.41) is 7.72. The molecule has 2 aromatic heterocycles. The van der Waals surface area contributed by atoms with Crippen molar-refractivity contribution < 1.29 is 17.2 Å². The Hall–Kier alpha value is -2.68. The lowest BCUT2D eigenvalue weighted by molar-refractivity contribution is 0.530. The first-order valence-corrected chi connectivity index (χ1v) is 9.35. The Kier molecular flexibility index (Phi) is 4.35. The maximum Gasteiger partial charge on any atom is 0.264 e. The lowest BCUT2D eigenvalue weighted by atomic mass is 10.2. The molecule has 0 aliphatic heterocycles. The van der Waals surface area contributed by atoms with E-state index in [1.165, 1.54) is 12.1 Å². The molecule has 0 amide bonds. The van der Waals surface area contributed by atoms with Gasteiger partial charge in [-0.15, -0.1) is 10.2 Å². The highest BCUT2D eigenvalue weighted by atomic mass is 32.2. The minimum Gasteiger partial charge on any atom is -0.421 e. The molecule has 26 heavy (non-hydrogen) atoms. The van der Waals surface area contributed by atoms with Crippen LogP contribution < -0.4 is 4.72 Å². The van der Waals surface area contributed by atoms with Gasteiger partial charge in [-0.25, -0.2) is 12.8 Å². The molecule has 0 spiro atoms. The Morgan fingerprint density at radius 2 is 1.81 bits per heavy atom. The second-order valence-corrected chi connectivity index (χ2v) is 7.77. The summed E-state index contributed by atoms with van der Waals surface area (Å²) in [6.45, 7) is 6.77. The van der Waals surface area contributed by atoms with Crippen molar-refractivity contribution in [2.75, 3.05) is 4.72 Å². The summed E-state index contributed by atoms with van der Waals surface area (Å²) in [7, 11) is -2.35. The van der Waals surface area contributed by atoms with Crippen molar-refractivity contribution in [2.24, 2.45) is 7.05 Å². The molecule has 0 saturated carbocycles. The van der Waals surface area contributed by atoms with E-state index in [9.17, 15) is 12.8 Å². The number of anilines is 1. The van der Waals surface area contributed by atoms with E-state index in [2.05, 4.69) is 14.9 Å². The largest absolute Gasteiger partial charge is 0.421 e. The Balaban J connectivity index is 2.17. The van der Waals surface area contributed by atoms with E-state index in [1.54, 1.807) is 45.4 Å². The molecule has 3 rings (SSSR count). The van der Waals surface area contributed by atoms with Crippen molar-refractivity contribution >= 4 is 15.7 Å². The average molecular weight is 378 g/mol. The number of nitrogens with one attached hydrogen (secondary N) is 1. The molecule has 1 N–H and O–H groups in total. The van der Waals surface area contributed by atoms with Gasteiger partial charge in [-0.05, 0) is 38.5 Å². The van der Waals surface area contributed by atoms with E-state index in [0.717, 1.165) is 0 Å². The van der Waals surface area contributed by atoms with Crippen molar-refractivity contribution in [2.45, 2.75) is 32.6 Å². The molecule has 0 atom stereocenters. The Morgan fingerprint density at radius 3 is 2.38 bits per heavy atom. The molecule has 3 aromatic rings. The summed E-state index contributed by atoms with van der Waals surface area (Å²) >= 11 is 0. The van der Waals surface area contributed by atoms with E-state index >= 15 is 0 Å². The number of halogens is 1. The molecular formula is C17H19FN4O3S. The number of hydrogen-bond acceptors (Lipinski definition) is 5. The van der Waals surface area contributed by atoms with Crippen LogP contribution in [-0.4, -0.2) is 23.2 Å². The van der Waals surface area contributed by atoms with Crippen LogP contribution in [0.1, 0.15) is 22.8 Å². The normalized spacial score (nSPS) is 11.8. The van der Waals surface area contributed by atoms with Crippen molar-refractivity contribution in [1.82, 2.24) is 14.8 Å². The van der Waals surface area contributed by atoms with Crippen molar-refractivity contribution in [3.8, 4) is 11.5 Å². The average Bonchev–Trinajstić information content (AvgIpc) is 3.07. The standard InChI is InChI=1S/C17H19FN4O3S/c1-9-6-7-14(13(18)8-9)21-26(23,24)16-11(3)22(5)10(2)15(16)17-20-19-12(4)25-17/h6-8,21H,1-5H3. The number of nitrogens with zero attached hydrogens (tertiary/aromatic N) is 3. The van der Waals surface area contributed by atoms with Gasteiger partial charge in [-0.1, -0.05) is 6.07 Å². The van der Waals surface area contributed by atoms with Gasteiger partial charge >= 0.3 is 0 Å². The number of rotatable bonds is 4. The van der Waals surface area contributed by atoms with Gasteiger partial charge in [0.2, 0.25) is 5.89 Å². The molecule has 0 aliphatic rings. The molecule has 138 valence electrons. The number of sulfonamides is 1. The van der Waals surface area contributed by atoms with Gasteiger partial charge in [0, 0.05) is 25.4 Å². The SMILES string of the molecule is Cc1ccc(NS(=O)(=O)c2c(-c3nnc(C)o3)c(C)n(C)c2C)c(F)c1. The predicted molar refractivity (Wildman–Crippen MR) is 94.9 cm³/mol. The third-order valence-corrected chi connectivity index (χ3v) is 5.83. The van der Waals surface area contributed by atoms with Gasteiger partial charge in [0.1, 0.15) is 10.7 Å². The molecule has 0 unspecified atom stereocenters. The van der Waals surface area contributed by atoms with Crippen LogP contribution in [0.25, 0.3) is 11.5 Å². The van der Waals surface area contributed by atoms with Crippen LogP contribution in [0.2, 0.25) is 0 Å². The first kappa shape index (κ1) is 18.1. The number of hydrogen-bond donors (Lipinski definition) is 1. The minimum atomic E-state index is -4.09. The molecule has 0 saturated heterocycles. The molecule has 0 fully saturated rings. The topological polar surface area (TPSA) is 90.0 Å². The molecule has 1 aromatic carbocycles. The highest BCUT2D eigenvalue weighted by Crippen LogP contribution is 2.35. The Bertz CT molecular complexity index is 1100. The summed E-state index contributed by atoms with van der Waals surface area (Å²) in [5.41, 5.74) is 2.01. The smallest absolute Gasteiger partial charge is 0.264 e. The molecule has 0 aliphatic carbocycles. The third-order valence-electron chi connectivity index (χ3n) is 4.30. The first-order valence-electron chi connectivity index (χ1n) is 7.87. The number of aromatic nitrogens is 3. The van der Waals surface area contributed by atoms with E-state index in [4.69, 9.17) is 4.42 Å². The highest BCUT2D eigenvalue weighted by molar-refractivity contribution is 7.93. The monoisotopic (exact) mass is 378 g/mol. The van der Waals surface area contributed by atoms with Crippen LogP contribution in [-0.2, 0) is 17.1 Å². The van der Waals surface area contributed by atoms with Gasteiger partial charge < -0.3 is 8.98 Å². The van der Waals surface area contributed by atoms with Crippen LogP contribution in [0, 0.1) is 33.5 Å². The zero-order valence-electron chi connectivity index (χ0n) is 15.1. The quantitative estimate of drug-likeness (QED) is 0.753. The summed E-state index contributed by atoms with van der Waals surface area (Å²) in [5.74, 6) is -0.218. The summed E-state index contributed by atoms with van der Waals surface area (Å²) in [6, 6.07) is 4.29. The molecule has 0 radical (unpaired) electrons. The van der Waals surface area contributed by atoms with Gasteiger partial charge in [-0.2, -0.15) is 0 Å². The maximum atomic E-state index is 14.1. The molecular weight excluding hydrogens is 359 g/mol. The minimum absolute atomic E-state index is 0.0128. The molecule has 2 heterocycles. The molecule has 7 nitrogen and oxygen atoms in total. The fourth-order valence-corrected chi connectivity index (χ4v) is 4.38. The maximum absolute atomic E-state index is 14.1. The van der Waals surface area contributed by atoms with Gasteiger partial charge in [0.25, 0.3) is 15.9 Å². The number of benzene rings is 1. The van der Waals surface area contributed by atoms with Crippen molar-refractivity contribution in [3.05, 3.63) is 46.9 Å². The fourth-order valence-electron chi connectivity index (χ4n) is 2.79. The van der Waals surface area contributed by atoms with Crippen LogP contribution in [0.5, 0.6) is 0 Å². The highest BCUT2D eigenvalue weighted by Gasteiger charge is 2.31. The summed E-state index contributed by atoms with van der Waals surface area (Å²) in [6.07, 6.45) is 0. The van der Waals surface area contributed by atoms with E-state index in [1.807, 2.05) is 0 Å². The van der Waals surface area contributed by atoms with Crippen molar-refractivity contribution in [1.29, 1.82) is 0 Å². The van der Waals surface area contributed by atoms with E-state index < -0.39 is 15.8 Å². The zero-order chi connectivity index (χ0) is 19.2. The van der Waals surface area contributed by atoms with Crippen molar-refractivity contribution in [3.63, 3.8) is 0 Å². The molecule has 9 heteroatoms. The lowest BCUT2D eigenvalue weighted by Gasteiger charge is -2.10.